The van der Waals surface area contributed by atoms with Crippen molar-refractivity contribution in [2.75, 3.05) is 12.4 Å². The molecule has 1 heterocycles. The molecule has 0 saturated heterocycles. The monoisotopic (exact) mass is 337 g/mol. The lowest BCUT2D eigenvalue weighted by atomic mass is 10.0. The van der Waals surface area contributed by atoms with Gasteiger partial charge in [-0.15, -0.1) is 0 Å². The Balaban J connectivity index is 1.96. The van der Waals surface area contributed by atoms with Gasteiger partial charge in [0.25, 0.3) is 0 Å². The van der Waals surface area contributed by atoms with Crippen LogP contribution in [0.2, 0.25) is 0 Å². The summed E-state index contributed by atoms with van der Waals surface area (Å²) in [5.74, 6) is 0.737. The maximum absolute atomic E-state index is 12.7. The Hall–Kier alpha value is -3.08. The van der Waals surface area contributed by atoms with Crippen LogP contribution in [0.15, 0.2) is 46.9 Å². The predicted octanol–water partition coefficient (Wildman–Crippen LogP) is 4.33. The van der Waals surface area contributed by atoms with E-state index in [1.807, 2.05) is 13.0 Å². The third kappa shape index (κ3) is 3.26. The van der Waals surface area contributed by atoms with Crippen LogP contribution in [0.4, 0.5) is 5.69 Å². The zero-order valence-corrected chi connectivity index (χ0v) is 14.4. The Morgan fingerprint density at radius 2 is 1.84 bits per heavy atom. The molecule has 128 valence electrons. The highest BCUT2D eigenvalue weighted by molar-refractivity contribution is 6.10. The van der Waals surface area contributed by atoms with Gasteiger partial charge < -0.3 is 14.5 Å². The van der Waals surface area contributed by atoms with Crippen LogP contribution >= 0.6 is 0 Å². The second kappa shape index (κ2) is 6.81. The zero-order chi connectivity index (χ0) is 18.0. The highest BCUT2D eigenvalue weighted by Gasteiger charge is 2.19. The number of hydrogen-bond acceptors (Lipinski definition) is 4. The van der Waals surface area contributed by atoms with Crippen LogP contribution in [0.3, 0.4) is 0 Å². The Labute approximate surface area is 145 Å². The summed E-state index contributed by atoms with van der Waals surface area (Å²) >= 11 is 0. The first-order chi connectivity index (χ1) is 12.0. The van der Waals surface area contributed by atoms with Gasteiger partial charge in [0.05, 0.1) is 7.11 Å². The molecule has 0 saturated carbocycles. The number of furan rings is 1. The van der Waals surface area contributed by atoms with Crippen LogP contribution in [0, 0.1) is 6.92 Å². The van der Waals surface area contributed by atoms with Gasteiger partial charge in [0.2, 0.25) is 11.7 Å². The average molecular weight is 337 g/mol. The van der Waals surface area contributed by atoms with Crippen molar-refractivity contribution < 1.29 is 18.7 Å². The molecule has 0 unspecified atom stereocenters. The number of ketones is 1. The normalized spacial score (nSPS) is 10.7. The molecule has 0 atom stereocenters. The van der Waals surface area contributed by atoms with Crippen LogP contribution < -0.4 is 10.1 Å². The summed E-state index contributed by atoms with van der Waals surface area (Å²) in [4.78, 5) is 24.3. The van der Waals surface area contributed by atoms with Gasteiger partial charge in [0, 0.05) is 34.7 Å². The van der Waals surface area contributed by atoms with Gasteiger partial charge in [-0.2, -0.15) is 0 Å². The van der Waals surface area contributed by atoms with Crippen molar-refractivity contribution in [3.05, 3.63) is 59.4 Å². The van der Waals surface area contributed by atoms with Crippen molar-refractivity contribution in [2.24, 2.45) is 0 Å². The molecule has 0 aliphatic heterocycles. The minimum atomic E-state index is -0.185. The highest BCUT2D eigenvalue weighted by Crippen LogP contribution is 2.29. The van der Waals surface area contributed by atoms with Crippen molar-refractivity contribution >= 4 is 28.3 Å². The smallest absolute Gasteiger partial charge is 0.228 e. The summed E-state index contributed by atoms with van der Waals surface area (Å²) in [5.41, 5.74) is 2.53. The van der Waals surface area contributed by atoms with E-state index in [4.69, 9.17) is 9.15 Å². The van der Waals surface area contributed by atoms with E-state index in [0.29, 0.717) is 34.8 Å². The van der Waals surface area contributed by atoms with Crippen molar-refractivity contribution in [1.82, 2.24) is 0 Å². The first-order valence-electron chi connectivity index (χ1n) is 8.05. The number of nitrogens with one attached hydrogen (secondary N) is 1. The minimum absolute atomic E-state index is 0.0721. The summed E-state index contributed by atoms with van der Waals surface area (Å²) in [5, 5.41) is 3.64. The fourth-order valence-corrected chi connectivity index (χ4v) is 2.64. The number of benzene rings is 2. The summed E-state index contributed by atoms with van der Waals surface area (Å²) in [7, 11) is 1.58. The molecule has 0 radical (unpaired) electrons. The van der Waals surface area contributed by atoms with Crippen LogP contribution in [-0.4, -0.2) is 18.8 Å². The molecule has 0 spiro atoms. The van der Waals surface area contributed by atoms with Crippen molar-refractivity contribution in [3.8, 4) is 5.75 Å². The molecule has 0 aliphatic carbocycles. The molecule has 1 aromatic heterocycles. The maximum atomic E-state index is 12.7. The lowest BCUT2D eigenvalue weighted by Crippen LogP contribution is -2.08. The fourth-order valence-electron chi connectivity index (χ4n) is 2.64. The predicted molar refractivity (Wildman–Crippen MR) is 96.3 cm³/mol. The van der Waals surface area contributed by atoms with E-state index in [-0.39, 0.29) is 11.7 Å². The van der Waals surface area contributed by atoms with Gasteiger partial charge >= 0.3 is 0 Å². The van der Waals surface area contributed by atoms with E-state index in [2.05, 4.69) is 5.32 Å². The first-order valence-corrected chi connectivity index (χ1v) is 8.05. The van der Waals surface area contributed by atoms with Gasteiger partial charge in [0.1, 0.15) is 11.3 Å². The topological polar surface area (TPSA) is 68.5 Å². The Kier molecular flexibility index (Phi) is 4.57. The number of rotatable bonds is 5. The largest absolute Gasteiger partial charge is 0.497 e. The standard InChI is InChI=1S/C20H19NO4/c1-4-18(22)21-14-7-10-16-12(2)20(25-17(16)11-14)19(23)13-5-8-15(24-3)9-6-13/h5-11H,4H2,1-3H3,(H,21,22). The molecule has 3 aromatic rings. The number of anilines is 1. The zero-order valence-electron chi connectivity index (χ0n) is 14.4. The first kappa shape index (κ1) is 16.8. The minimum Gasteiger partial charge on any atom is -0.497 e. The average Bonchev–Trinajstić information content (AvgIpc) is 2.97. The molecule has 0 bridgehead atoms. The molecule has 1 amide bonds. The molecule has 2 aromatic carbocycles. The van der Waals surface area contributed by atoms with Crippen LogP contribution in [0.1, 0.15) is 35.0 Å². The van der Waals surface area contributed by atoms with Crippen LogP contribution in [0.25, 0.3) is 11.0 Å². The Morgan fingerprint density at radius 3 is 2.48 bits per heavy atom. The third-order valence-electron chi connectivity index (χ3n) is 4.10. The highest BCUT2D eigenvalue weighted by atomic mass is 16.5. The van der Waals surface area contributed by atoms with E-state index in [1.165, 1.54) is 0 Å². The van der Waals surface area contributed by atoms with Gasteiger partial charge in [-0.3, -0.25) is 9.59 Å². The quantitative estimate of drug-likeness (QED) is 0.704. The van der Waals surface area contributed by atoms with E-state index in [1.54, 1.807) is 50.4 Å². The number of hydrogen-bond donors (Lipinski definition) is 1. The number of carbonyl (C=O) groups excluding carboxylic acids is 2. The molecular formula is C20H19NO4. The number of ether oxygens (including phenoxy) is 1. The molecule has 5 heteroatoms. The van der Waals surface area contributed by atoms with E-state index < -0.39 is 0 Å². The lowest BCUT2D eigenvalue weighted by Gasteiger charge is -2.02. The molecule has 1 N–H and O–H groups in total. The molecular weight excluding hydrogens is 318 g/mol. The van der Waals surface area contributed by atoms with E-state index in [0.717, 1.165) is 10.9 Å². The van der Waals surface area contributed by atoms with Gasteiger partial charge in [0.15, 0.2) is 5.76 Å². The lowest BCUT2D eigenvalue weighted by molar-refractivity contribution is -0.115. The Bertz CT molecular complexity index is 938. The second-order valence-electron chi connectivity index (χ2n) is 5.73. The third-order valence-corrected chi connectivity index (χ3v) is 4.10. The molecule has 3 rings (SSSR count). The molecule has 25 heavy (non-hydrogen) atoms. The summed E-state index contributed by atoms with van der Waals surface area (Å²) in [6.07, 6.45) is 0.399. The molecule has 0 fully saturated rings. The van der Waals surface area contributed by atoms with Crippen molar-refractivity contribution in [1.29, 1.82) is 0 Å². The van der Waals surface area contributed by atoms with E-state index in [9.17, 15) is 9.59 Å². The summed E-state index contributed by atoms with van der Waals surface area (Å²) in [6.45, 7) is 3.64. The van der Waals surface area contributed by atoms with Gasteiger partial charge in [-0.1, -0.05) is 6.92 Å². The number of aryl methyl sites for hydroxylation is 1. The second-order valence-corrected chi connectivity index (χ2v) is 5.73. The van der Waals surface area contributed by atoms with Crippen LogP contribution in [0.5, 0.6) is 5.75 Å². The van der Waals surface area contributed by atoms with E-state index >= 15 is 0 Å². The van der Waals surface area contributed by atoms with Crippen LogP contribution in [-0.2, 0) is 4.79 Å². The summed E-state index contributed by atoms with van der Waals surface area (Å²) in [6, 6.07) is 12.3. The van der Waals surface area contributed by atoms with Crippen molar-refractivity contribution in [2.45, 2.75) is 20.3 Å². The maximum Gasteiger partial charge on any atom is 0.228 e. The number of amides is 1. The number of fused-ring (bicyclic) bond motifs is 1. The number of methoxy groups -OCH3 is 1. The van der Waals surface area contributed by atoms with Crippen molar-refractivity contribution in [3.63, 3.8) is 0 Å². The van der Waals surface area contributed by atoms with Gasteiger partial charge in [-0.05, 0) is 43.3 Å². The number of carbonyl (C=O) groups is 2. The summed E-state index contributed by atoms with van der Waals surface area (Å²) < 4.78 is 10.9. The molecule has 5 nitrogen and oxygen atoms in total. The Morgan fingerprint density at radius 1 is 1.12 bits per heavy atom. The van der Waals surface area contributed by atoms with Gasteiger partial charge in [-0.25, -0.2) is 0 Å². The fraction of sp³-hybridized carbons (Fsp3) is 0.200. The molecule has 0 aliphatic rings. The SMILES string of the molecule is CCC(=O)Nc1ccc2c(C)c(C(=O)c3ccc(OC)cc3)oc2c1.